The van der Waals surface area contributed by atoms with E-state index in [2.05, 4.69) is 20.2 Å². The van der Waals surface area contributed by atoms with Crippen LogP contribution in [0.4, 0.5) is 11.5 Å². The third-order valence-electron chi connectivity index (χ3n) is 7.03. The summed E-state index contributed by atoms with van der Waals surface area (Å²) in [7, 11) is 0. The number of carbonyl (C=O) groups is 2. The summed E-state index contributed by atoms with van der Waals surface area (Å²) in [5, 5.41) is 2.87. The van der Waals surface area contributed by atoms with Crippen molar-refractivity contribution >= 4 is 23.2 Å². The molecule has 204 valence electrons. The van der Waals surface area contributed by atoms with Gasteiger partial charge in [0.05, 0.1) is 24.5 Å². The van der Waals surface area contributed by atoms with Gasteiger partial charge in [0.15, 0.2) is 0 Å². The monoisotopic (exact) mass is 534 g/mol. The first-order valence-corrected chi connectivity index (χ1v) is 13.8. The number of nitrogens with zero attached hydrogens (tertiary/aromatic N) is 3. The highest BCUT2D eigenvalue weighted by Gasteiger charge is 2.21. The third kappa shape index (κ3) is 7.99. The number of pyridine rings is 2. The van der Waals surface area contributed by atoms with Crippen molar-refractivity contribution in [2.24, 2.45) is 0 Å². The molecule has 1 fully saturated rings. The van der Waals surface area contributed by atoms with Crippen LogP contribution >= 0.6 is 0 Å². The van der Waals surface area contributed by atoms with Crippen LogP contribution in [0.3, 0.4) is 0 Å². The zero-order valence-corrected chi connectivity index (χ0v) is 22.5. The Morgan fingerprint density at radius 1 is 0.800 bits per heavy atom. The quantitative estimate of drug-likeness (QED) is 0.276. The molecule has 1 amide bonds. The fourth-order valence-corrected chi connectivity index (χ4v) is 4.85. The van der Waals surface area contributed by atoms with E-state index in [1.807, 2.05) is 91.1 Å². The van der Waals surface area contributed by atoms with Gasteiger partial charge in [-0.1, -0.05) is 60.7 Å². The van der Waals surface area contributed by atoms with Crippen LogP contribution in [0.2, 0.25) is 0 Å². The SMILES string of the molecule is O=C(CCc1ccc(OC2CCN(c3ccc(NC(=O)Cc4ccccc4)nc3)CC2)cn1)Cc1ccccc1. The van der Waals surface area contributed by atoms with Gasteiger partial charge in [0.25, 0.3) is 0 Å². The van der Waals surface area contributed by atoms with Crippen molar-refractivity contribution in [2.75, 3.05) is 23.3 Å². The molecule has 1 aliphatic heterocycles. The zero-order chi connectivity index (χ0) is 27.6. The molecule has 2 aromatic carbocycles. The number of hydrogen-bond donors (Lipinski definition) is 1. The lowest BCUT2D eigenvalue weighted by atomic mass is 10.0. The number of Topliss-reactive ketones (excluding diaryl/α,β-unsaturated/α-hetero) is 1. The molecular formula is C33H34N4O3. The number of hydrogen-bond acceptors (Lipinski definition) is 6. The second-order valence-electron chi connectivity index (χ2n) is 10.1. The zero-order valence-electron chi connectivity index (χ0n) is 22.5. The van der Waals surface area contributed by atoms with Crippen molar-refractivity contribution in [3.8, 4) is 5.75 Å². The van der Waals surface area contributed by atoms with Gasteiger partial charge in [-0.3, -0.25) is 14.6 Å². The van der Waals surface area contributed by atoms with Crippen molar-refractivity contribution < 1.29 is 14.3 Å². The molecule has 1 saturated heterocycles. The number of rotatable bonds is 11. The van der Waals surface area contributed by atoms with Crippen LogP contribution in [0, 0.1) is 0 Å². The normalized spacial score (nSPS) is 13.6. The predicted octanol–water partition coefficient (Wildman–Crippen LogP) is 5.45. The summed E-state index contributed by atoms with van der Waals surface area (Å²) in [6, 6.07) is 27.2. The van der Waals surface area contributed by atoms with Gasteiger partial charge in [0.1, 0.15) is 23.5 Å². The number of piperidine rings is 1. The molecule has 5 rings (SSSR count). The molecule has 0 radical (unpaired) electrons. The number of carbonyl (C=O) groups excluding carboxylic acids is 2. The number of aromatic nitrogens is 2. The molecule has 0 unspecified atom stereocenters. The lowest BCUT2D eigenvalue weighted by molar-refractivity contribution is -0.118. The van der Waals surface area contributed by atoms with Crippen LogP contribution in [0.1, 0.15) is 36.1 Å². The van der Waals surface area contributed by atoms with E-state index < -0.39 is 0 Å². The minimum Gasteiger partial charge on any atom is -0.489 e. The van der Waals surface area contributed by atoms with Crippen molar-refractivity contribution in [3.05, 3.63) is 114 Å². The van der Waals surface area contributed by atoms with Crippen LogP contribution in [-0.4, -0.2) is 40.9 Å². The molecule has 7 heteroatoms. The molecule has 0 atom stereocenters. The summed E-state index contributed by atoms with van der Waals surface area (Å²) in [5.41, 5.74) is 3.95. The average molecular weight is 535 g/mol. The first kappa shape index (κ1) is 27.1. The molecule has 1 N–H and O–H groups in total. The lowest BCUT2D eigenvalue weighted by Crippen LogP contribution is -2.38. The molecule has 40 heavy (non-hydrogen) atoms. The predicted molar refractivity (Wildman–Crippen MR) is 157 cm³/mol. The lowest BCUT2D eigenvalue weighted by Gasteiger charge is -2.33. The number of ketones is 1. The van der Waals surface area contributed by atoms with Crippen LogP contribution in [0.25, 0.3) is 0 Å². The fraction of sp³-hybridized carbons (Fsp3) is 0.273. The minimum absolute atomic E-state index is 0.0801. The summed E-state index contributed by atoms with van der Waals surface area (Å²) in [6.45, 7) is 1.72. The number of anilines is 2. The minimum atomic E-state index is -0.0801. The van der Waals surface area contributed by atoms with Gasteiger partial charge in [-0.25, -0.2) is 4.98 Å². The van der Waals surface area contributed by atoms with Gasteiger partial charge in [-0.2, -0.15) is 0 Å². The number of ether oxygens (including phenoxy) is 1. The Balaban J connectivity index is 1.03. The van der Waals surface area contributed by atoms with Crippen molar-refractivity contribution in [2.45, 2.75) is 44.6 Å². The number of nitrogens with one attached hydrogen (secondary N) is 1. The van der Waals surface area contributed by atoms with E-state index in [0.29, 0.717) is 31.5 Å². The van der Waals surface area contributed by atoms with Crippen LogP contribution in [0.15, 0.2) is 97.3 Å². The molecule has 3 heterocycles. The molecule has 7 nitrogen and oxygen atoms in total. The number of benzene rings is 2. The Morgan fingerprint density at radius 2 is 1.50 bits per heavy atom. The van der Waals surface area contributed by atoms with Gasteiger partial charge >= 0.3 is 0 Å². The number of amides is 1. The maximum absolute atomic E-state index is 12.3. The first-order valence-electron chi connectivity index (χ1n) is 13.8. The van der Waals surface area contributed by atoms with Gasteiger partial charge in [0, 0.05) is 44.5 Å². The van der Waals surface area contributed by atoms with E-state index in [1.54, 1.807) is 6.20 Å². The van der Waals surface area contributed by atoms with E-state index in [4.69, 9.17) is 4.74 Å². The maximum atomic E-state index is 12.3. The van der Waals surface area contributed by atoms with Crippen LogP contribution in [-0.2, 0) is 28.9 Å². The first-order chi connectivity index (χ1) is 19.6. The molecule has 1 aliphatic rings. The van der Waals surface area contributed by atoms with Gasteiger partial charge in [-0.05, 0) is 41.8 Å². The average Bonchev–Trinajstić information content (AvgIpc) is 2.99. The Kier molecular flexibility index (Phi) is 9.14. The largest absolute Gasteiger partial charge is 0.489 e. The van der Waals surface area contributed by atoms with E-state index in [-0.39, 0.29) is 17.8 Å². The second-order valence-corrected chi connectivity index (χ2v) is 10.1. The summed E-state index contributed by atoms with van der Waals surface area (Å²) in [6.07, 6.45) is 7.39. The van der Waals surface area contributed by atoms with E-state index in [1.165, 1.54) is 0 Å². The van der Waals surface area contributed by atoms with Crippen molar-refractivity contribution in [1.82, 2.24) is 9.97 Å². The summed E-state index contributed by atoms with van der Waals surface area (Å²) < 4.78 is 6.19. The van der Waals surface area contributed by atoms with Crippen molar-refractivity contribution in [1.29, 1.82) is 0 Å². The molecule has 0 saturated carbocycles. The third-order valence-corrected chi connectivity index (χ3v) is 7.03. The smallest absolute Gasteiger partial charge is 0.229 e. The van der Waals surface area contributed by atoms with Gasteiger partial charge in [0.2, 0.25) is 5.91 Å². The maximum Gasteiger partial charge on any atom is 0.229 e. The van der Waals surface area contributed by atoms with Crippen molar-refractivity contribution in [3.63, 3.8) is 0 Å². The summed E-state index contributed by atoms with van der Waals surface area (Å²) >= 11 is 0. The van der Waals surface area contributed by atoms with Crippen LogP contribution in [0.5, 0.6) is 5.75 Å². The molecule has 4 aromatic rings. The van der Waals surface area contributed by atoms with Gasteiger partial charge < -0.3 is 15.0 Å². The van der Waals surface area contributed by atoms with Crippen LogP contribution < -0.4 is 15.0 Å². The molecule has 0 bridgehead atoms. The summed E-state index contributed by atoms with van der Waals surface area (Å²) in [5.74, 6) is 1.45. The Labute approximate surface area is 235 Å². The summed E-state index contributed by atoms with van der Waals surface area (Å²) in [4.78, 5) is 35.8. The molecule has 0 spiro atoms. The Morgan fingerprint density at radius 3 is 2.12 bits per heavy atom. The standard InChI is InChI=1S/C33H34N4O3/c38-29(21-25-7-3-1-4-8-25)14-11-27-12-15-31(24-34-27)40-30-17-19-37(20-18-30)28-13-16-32(35-23-28)36-33(39)22-26-9-5-2-6-10-26/h1-10,12-13,15-16,23-24,30H,11,14,17-22H2,(H,35,36,39). The second kappa shape index (κ2) is 13.5. The molecule has 2 aromatic heterocycles. The number of aryl methyl sites for hydroxylation is 1. The van der Waals surface area contributed by atoms with Gasteiger partial charge in [-0.15, -0.1) is 0 Å². The Hall–Kier alpha value is -4.52. The molecule has 0 aliphatic carbocycles. The highest BCUT2D eigenvalue weighted by Crippen LogP contribution is 2.23. The molecular weight excluding hydrogens is 500 g/mol. The van der Waals surface area contributed by atoms with E-state index in [9.17, 15) is 9.59 Å². The van der Waals surface area contributed by atoms with E-state index in [0.717, 1.165) is 54.2 Å². The fourth-order valence-electron chi connectivity index (χ4n) is 4.85. The highest BCUT2D eigenvalue weighted by atomic mass is 16.5. The topological polar surface area (TPSA) is 84.4 Å². The highest BCUT2D eigenvalue weighted by molar-refractivity contribution is 5.91. The Bertz CT molecular complexity index is 1370. The van der Waals surface area contributed by atoms with E-state index >= 15 is 0 Å².